The summed E-state index contributed by atoms with van der Waals surface area (Å²) in [5.74, 6) is -0.813. The lowest BCUT2D eigenvalue weighted by atomic mass is 10.0. The molecule has 0 fully saturated rings. The fraction of sp³-hybridized carbons (Fsp3) is 0.918. The Labute approximate surface area is 364 Å². The molecule has 0 heterocycles. The van der Waals surface area contributed by atoms with Crippen LogP contribution in [0.2, 0.25) is 0 Å². The standard InChI is InChI=1S/C49H96NO8P/c1-3-5-7-9-11-13-15-17-19-21-22-23-24-26-27-29-31-33-35-37-39-41-48(51)55-45-47(46-57-59(53,54)56-44-43-50)58-49(52)42-40-38-36-34-32-30-28-25-20-18-16-14-12-10-8-6-4-2/h17,19,47H,3-16,18,20-46,50H2,1-2H3,(H,53,54). The fourth-order valence-corrected chi connectivity index (χ4v) is 8.16. The van der Waals surface area contributed by atoms with E-state index in [0.29, 0.717) is 6.42 Å². The lowest BCUT2D eigenvalue weighted by Crippen LogP contribution is -2.29. The van der Waals surface area contributed by atoms with Crippen LogP contribution in [-0.4, -0.2) is 49.3 Å². The van der Waals surface area contributed by atoms with E-state index < -0.39 is 26.5 Å². The smallest absolute Gasteiger partial charge is 0.462 e. The third-order valence-electron chi connectivity index (χ3n) is 11.2. The first kappa shape index (κ1) is 57.8. The predicted octanol–water partition coefficient (Wildman–Crippen LogP) is 15.0. The number of allylic oxidation sites excluding steroid dienone is 2. The maximum Gasteiger partial charge on any atom is 0.472 e. The summed E-state index contributed by atoms with van der Waals surface area (Å²) in [6.45, 7) is 3.78. The second kappa shape index (κ2) is 46.3. The van der Waals surface area contributed by atoms with Gasteiger partial charge in [-0.05, 0) is 38.5 Å². The van der Waals surface area contributed by atoms with Gasteiger partial charge in [-0.25, -0.2) is 4.57 Å². The fourth-order valence-electron chi connectivity index (χ4n) is 7.40. The summed E-state index contributed by atoms with van der Waals surface area (Å²) in [7, 11) is -4.38. The van der Waals surface area contributed by atoms with Gasteiger partial charge in [-0.2, -0.15) is 0 Å². The summed E-state index contributed by atoms with van der Waals surface area (Å²) in [5, 5.41) is 0. The molecule has 0 aliphatic heterocycles. The predicted molar refractivity (Wildman–Crippen MR) is 248 cm³/mol. The lowest BCUT2D eigenvalue weighted by Gasteiger charge is -2.19. The van der Waals surface area contributed by atoms with Crippen LogP contribution in [0.4, 0.5) is 0 Å². The Morgan fingerprint density at radius 2 is 0.831 bits per heavy atom. The lowest BCUT2D eigenvalue weighted by molar-refractivity contribution is -0.161. The van der Waals surface area contributed by atoms with Gasteiger partial charge in [0.2, 0.25) is 0 Å². The molecule has 59 heavy (non-hydrogen) atoms. The molecule has 10 heteroatoms. The van der Waals surface area contributed by atoms with Gasteiger partial charge in [-0.1, -0.05) is 219 Å². The molecule has 9 nitrogen and oxygen atoms in total. The van der Waals surface area contributed by atoms with E-state index in [9.17, 15) is 19.0 Å². The minimum Gasteiger partial charge on any atom is -0.462 e. The third kappa shape index (κ3) is 46.1. The van der Waals surface area contributed by atoms with E-state index in [1.807, 2.05) is 0 Å². The highest BCUT2D eigenvalue weighted by Crippen LogP contribution is 2.43. The Kier molecular flexibility index (Phi) is 45.3. The zero-order chi connectivity index (χ0) is 43.2. The Morgan fingerprint density at radius 3 is 1.20 bits per heavy atom. The van der Waals surface area contributed by atoms with E-state index >= 15 is 0 Å². The van der Waals surface area contributed by atoms with Gasteiger partial charge in [0.1, 0.15) is 6.61 Å². The third-order valence-corrected chi connectivity index (χ3v) is 12.1. The largest absolute Gasteiger partial charge is 0.472 e. The van der Waals surface area contributed by atoms with Crippen LogP contribution in [0.3, 0.4) is 0 Å². The minimum absolute atomic E-state index is 0.0567. The van der Waals surface area contributed by atoms with E-state index in [0.717, 1.165) is 32.1 Å². The maximum atomic E-state index is 12.6. The van der Waals surface area contributed by atoms with Crippen molar-refractivity contribution in [3.63, 3.8) is 0 Å². The highest BCUT2D eigenvalue weighted by atomic mass is 31.2. The molecule has 0 bridgehead atoms. The van der Waals surface area contributed by atoms with Crippen molar-refractivity contribution in [2.45, 2.75) is 264 Å². The molecule has 0 spiro atoms. The number of unbranched alkanes of at least 4 members (excludes halogenated alkanes) is 33. The summed E-state index contributed by atoms with van der Waals surface area (Å²) < 4.78 is 32.9. The number of nitrogens with two attached hydrogens (primary N) is 1. The van der Waals surface area contributed by atoms with Crippen molar-refractivity contribution in [2.24, 2.45) is 5.73 Å². The van der Waals surface area contributed by atoms with Crippen molar-refractivity contribution < 1.29 is 37.6 Å². The molecule has 0 aliphatic rings. The molecule has 2 atom stereocenters. The van der Waals surface area contributed by atoms with Crippen molar-refractivity contribution in [3.05, 3.63) is 12.2 Å². The van der Waals surface area contributed by atoms with Crippen molar-refractivity contribution in [1.29, 1.82) is 0 Å². The SMILES string of the molecule is CCCCCCCCC=CCCCCCCCCCCCCCC(=O)OCC(COP(=O)(O)OCCN)OC(=O)CCCCCCCCCCCCCCCCCCC. The topological polar surface area (TPSA) is 134 Å². The van der Waals surface area contributed by atoms with E-state index in [1.54, 1.807) is 0 Å². The Hall–Kier alpha value is -1.25. The van der Waals surface area contributed by atoms with Gasteiger partial charge in [0.05, 0.1) is 13.2 Å². The monoisotopic (exact) mass is 858 g/mol. The van der Waals surface area contributed by atoms with Crippen LogP contribution in [0.1, 0.15) is 258 Å². The molecule has 0 aromatic rings. The number of carbonyl (C=O) groups excluding carboxylic acids is 2. The Morgan fingerprint density at radius 1 is 0.492 bits per heavy atom. The molecule has 0 aliphatic carbocycles. The van der Waals surface area contributed by atoms with Gasteiger partial charge >= 0.3 is 19.8 Å². The number of hydrogen-bond acceptors (Lipinski definition) is 8. The van der Waals surface area contributed by atoms with Crippen LogP contribution >= 0.6 is 7.82 Å². The van der Waals surface area contributed by atoms with Crippen LogP contribution in [0, 0.1) is 0 Å². The second-order valence-electron chi connectivity index (χ2n) is 17.0. The number of ether oxygens (including phenoxy) is 2. The molecule has 0 saturated carbocycles. The number of rotatable bonds is 48. The number of phosphoric acid groups is 1. The van der Waals surface area contributed by atoms with Gasteiger partial charge in [-0.3, -0.25) is 18.6 Å². The molecule has 0 aromatic carbocycles. The number of hydrogen-bond donors (Lipinski definition) is 2. The first-order chi connectivity index (χ1) is 28.8. The summed E-state index contributed by atoms with van der Waals surface area (Å²) >= 11 is 0. The molecule has 3 N–H and O–H groups in total. The van der Waals surface area contributed by atoms with Crippen molar-refractivity contribution in [1.82, 2.24) is 0 Å². The maximum absolute atomic E-state index is 12.6. The van der Waals surface area contributed by atoms with Crippen molar-refractivity contribution in [3.8, 4) is 0 Å². The highest BCUT2D eigenvalue weighted by Gasteiger charge is 2.26. The van der Waals surface area contributed by atoms with E-state index in [4.69, 9.17) is 24.3 Å². The molecule has 0 radical (unpaired) electrons. The van der Waals surface area contributed by atoms with Gasteiger partial charge in [0.15, 0.2) is 6.10 Å². The minimum atomic E-state index is -4.38. The van der Waals surface area contributed by atoms with E-state index in [-0.39, 0.29) is 38.6 Å². The van der Waals surface area contributed by atoms with Gasteiger partial charge < -0.3 is 20.1 Å². The zero-order valence-electron chi connectivity index (χ0n) is 38.8. The molecule has 350 valence electrons. The molecular formula is C49H96NO8P. The highest BCUT2D eigenvalue weighted by molar-refractivity contribution is 7.47. The molecule has 0 amide bonds. The quantitative estimate of drug-likeness (QED) is 0.0265. The van der Waals surface area contributed by atoms with Gasteiger partial charge in [0.25, 0.3) is 0 Å². The molecular weight excluding hydrogens is 762 g/mol. The number of carbonyl (C=O) groups is 2. The average Bonchev–Trinajstić information content (AvgIpc) is 3.22. The summed E-state index contributed by atoms with van der Waals surface area (Å²) in [6, 6.07) is 0. The normalized spacial score (nSPS) is 13.2. The number of esters is 2. The van der Waals surface area contributed by atoms with Gasteiger partial charge in [-0.15, -0.1) is 0 Å². The van der Waals surface area contributed by atoms with Crippen LogP contribution in [-0.2, 0) is 32.7 Å². The Balaban J connectivity index is 4.01. The first-order valence-electron chi connectivity index (χ1n) is 25.2. The average molecular weight is 858 g/mol. The van der Waals surface area contributed by atoms with Crippen LogP contribution in [0.25, 0.3) is 0 Å². The summed E-state index contributed by atoms with van der Waals surface area (Å²) in [4.78, 5) is 35.0. The van der Waals surface area contributed by atoms with Gasteiger partial charge in [0, 0.05) is 19.4 Å². The van der Waals surface area contributed by atoms with Crippen molar-refractivity contribution in [2.75, 3.05) is 26.4 Å². The second-order valence-corrected chi connectivity index (χ2v) is 18.5. The van der Waals surface area contributed by atoms with Crippen molar-refractivity contribution >= 4 is 19.8 Å². The summed E-state index contributed by atoms with van der Waals surface area (Å²) in [6.07, 6.45) is 49.6. The van der Waals surface area contributed by atoms with E-state index in [1.165, 1.54) is 193 Å². The van der Waals surface area contributed by atoms with Crippen LogP contribution in [0.15, 0.2) is 12.2 Å². The van der Waals surface area contributed by atoms with E-state index in [2.05, 4.69) is 26.0 Å². The van der Waals surface area contributed by atoms with Crippen LogP contribution in [0.5, 0.6) is 0 Å². The number of phosphoric ester groups is 1. The summed E-state index contributed by atoms with van der Waals surface area (Å²) in [5.41, 5.74) is 5.36. The Bertz CT molecular complexity index is 980. The molecule has 0 rings (SSSR count). The molecule has 2 unspecified atom stereocenters. The first-order valence-corrected chi connectivity index (χ1v) is 26.7. The zero-order valence-corrected chi connectivity index (χ0v) is 39.7. The van der Waals surface area contributed by atoms with Crippen LogP contribution < -0.4 is 5.73 Å². The molecule has 0 saturated heterocycles. The molecule has 0 aromatic heterocycles.